The van der Waals surface area contributed by atoms with Crippen molar-refractivity contribution in [3.05, 3.63) is 488 Å². The summed E-state index contributed by atoms with van der Waals surface area (Å²) in [6.07, 6.45) is 0. The molecule has 0 radical (unpaired) electrons. The van der Waals surface area contributed by atoms with Crippen molar-refractivity contribution in [3.63, 3.8) is 0 Å². The molecule has 0 bridgehead atoms. The van der Waals surface area contributed by atoms with Crippen LogP contribution in [0.5, 0.6) is 0 Å². The van der Waals surface area contributed by atoms with Crippen molar-refractivity contribution in [1.29, 1.82) is 0 Å². The van der Waals surface area contributed by atoms with Crippen LogP contribution < -0.4 is 0 Å². The van der Waals surface area contributed by atoms with Crippen LogP contribution in [0.1, 0.15) is 74.9 Å². The molecule has 6 aromatic heterocycles. The summed E-state index contributed by atoms with van der Waals surface area (Å²) in [5.41, 5.74) is 43.9. The van der Waals surface area contributed by atoms with E-state index in [2.05, 4.69) is 510 Å². The van der Waals surface area contributed by atoms with E-state index >= 15 is 0 Å². The Labute approximate surface area is 825 Å². The van der Waals surface area contributed by atoms with Gasteiger partial charge in [-0.1, -0.05) is 406 Å². The number of para-hydroxylation sites is 5. The molecule has 4 nitrogen and oxygen atoms in total. The first-order valence-corrected chi connectivity index (χ1v) is 50.7. The van der Waals surface area contributed by atoms with E-state index in [-0.39, 0.29) is 16.2 Å². The summed E-state index contributed by atoms with van der Waals surface area (Å²) in [7, 11) is 0. The van der Waals surface area contributed by atoms with Gasteiger partial charge < -0.3 is 18.1 Å². The molecule has 666 valence electrons. The Hall–Kier alpha value is -16.7. The predicted molar refractivity (Wildman–Crippen MR) is 601 cm³/mol. The van der Waals surface area contributed by atoms with Gasteiger partial charge in [-0.25, -0.2) is 0 Å². The third-order valence-electron chi connectivity index (χ3n) is 31.3. The van der Waals surface area contributed by atoms with Crippen molar-refractivity contribution in [2.75, 3.05) is 0 Å². The summed E-state index contributed by atoms with van der Waals surface area (Å²) >= 11 is 3.91. The van der Waals surface area contributed by atoms with Crippen LogP contribution in [0, 0.1) is 0 Å². The molecule has 0 atom stereocenters. The lowest BCUT2D eigenvalue weighted by Crippen LogP contribution is -2.14. The Balaban J connectivity index is 0.000000104. The molecule has 6 heteroatoms. The van der Waals surface area contributed by atoms with E-state index in [1.165, 1.54) is 245 Å². The topological polar surface area (TPSA) is 27.9 Å². The van der Waals surface area contributed by atoms with Crippen molar-refractivity contribution in [2.45, 2.75) is 57.8 Å². The fourth-order valence-corrected chi connectivity index (χ4v) is 27.2. The summed E-state index contributed by atoms with van der Waals surface area (Å²) in [4.78, 5) is 0. The van der Waals surface area contributed by atoms with E-state index in [0.29, 0.717) is 0 Å². The monoisotopic (exact) mass is 1840 g/mol. The van der Waals surface area contributed by atoms with Crippen molar-refractivity contribution in [1.82, 2.24) is 13.7 Å². The Morgan fingerprint density at radius 3 is 0.965 bits per heavy atom. The van der Waals surface area contributed by atoms with Crippen LogP contribution >= 0.6 is 22.7 Å². The smallest absolute Gasteiger partial charge is 0.143 e. The van der Waals surface area contributed by atoms with E-state index < -0.39 is 0 Å². The second-order valence-electron chi connectivity index (χ2n) is 40.0. The number of nitrogens with zero attached hydrogens (tertiary/aromatic N) is 3. The van der Waals surface area contributed by atoms with Crippen molar-refractivity contribution in [3.8, 4) is 117 Å². The fraction of sp³-hybridized carbons (Fsp3) is 0.0667. The zero-order chi connectivity index (χ0) is 93.8. The number of hydrogen-bond donors (Lipinski definition) is 0. The SMILES string of the molecule is CC1(C)c2ccccc2-c2c1ccc1c2oc2c(-c3ccc(-n4c5ccc(-c6ccccc6)cc5c5cc(-c6ccccc6)ccc54)cc3)cccc21.CC1(C)c2ccccc2-c2c1ccc1c2sc2c(-c3ccc(-c4ccc5c(c4)c4ccccc4n5-c4ccccc4)cc3)cccc21.CC1(C)c2ccccc2-c2c1ccc1c2sc2c(-c3cccc(-n4c5ccccc5c5ccccc54)c3)cccc21. The zero-order valence-electron chi connectivity index (χ0n) is 78.9. The van der Waals surface area contributed by atoms with Gasteiger partial charge in [0.25, 0.3) is 0 Å². The average molecular weight is 1840 g/mol. The standard InChI is InChI=1S/C51H35NO.C45H31NS.C39H27NS/c1-51(2)44-19-10-9-16-41(44)48-45(51)27-26-40-39-18-11-17-38(49(39)53-50(40)48)34-20-24-37(25-21-34)52-46-28-22-35(32-12-5-3-6-13-32)30-42(46)43-31-36(23-29-47(43)52)33-14-7-4-8-15-33;1-45(2)38-17-8-6-14-36(38)42-39(45)25-24-35-34-16-10-15-32(43(34)47-44(35)42)29-21-19-28(20-22-29)30-23-26-41-37(27-30)33-13-7-9-18-40(33)46(41)31-11-4-3-5-12-31;1-39(2)32-18-6-3-15-31(32)36-33(39)22-21-30-29-17-10-16-26(37(29)41-38(30)36)24-11-9-12-25(23-24)40-34-19-7-4-13-27(34)28-14-5-8-20-35(28)40/h3-31H,1-2H3;3-27H,1-2H3;3-23H,1-2H3. The van der Waals surface area contributed by atoms with Crippen molar-refractivity contribution >= 4 is 150 Å². The molecule has 0 saturated carbocycles. The second kappa shape index (κ2) is 31.7. The van der Waals surface area contributed by atoms with Gasteiger partial charge in [0.05, 0.1) is 33.1 Å². The number of thiophene rings is 2. The molecule has 0 amide bonds. The highest BCUT2D eigenvalue weighted by Crippen LogP contribution is 2.59. The largest absolute Gasteiger partial charge is 0.455 e. The molecular formula is C135H93N3OS2. The maximum Gasteiger partial charge on any atom is 0.143 e. The molecule has 0 aliphatic heterocycles. The lowest BCUT2D eigenvalue weighted by Gasteiger charge is -2.21. The van der Waals surface area contributed by atoms with Crippen LogP contribution in [0.3, 0.4) is 0 Å². The molecule has 21 aromatic carbocycles. The lowest BCUT2D eigenvalue weighted by atomic mass is 9.82. The number of rotatable bonds is 9. The van der Waals surface area contributed by atoms with Gasteiger partial charge in [0.15, 0.2) is 0 Å². The Kier molecular flexibility index (Phi) is 18.5. The summed E-state index contributed by atoms with van der Waals surface area (Å²) in [5, 5.41) is 15.3. The third kappa shape index (κ3) is 12.6. The third-order valence-corrected chi connectivity index (χ3v) is 33.8. The Morgan fingerprint density at radius 2 is 0.468 bits per heavy atom. The molecule has 3 aliphatic carbocycles. The van der Waals surface area contributed by atoms with Gasteiger partial charge in [0.1, 0.15) is 11.2 Å². The summed E-state index contributed by atoms with van der Waals surface area (Å²) in [6.45, 7) is 14.1. The zero-order valence-corrected chi connectivity index (χ0v) is 80.5. The maximum atomic E-state index is 6.94. The first-order chi connectivity index (χ1) is 69.2. The highest BCUT2D eigenvalue weighted by Gasteiger charge is 2.41. The fourth-order valence-electron chi connectivity index (χ4n) is 24.4. The van der Waals surface area contributed by atoms with Crippen LogP contribution in [0.2, 0.25) is 0 Å². The average Bonchev–Trinajstić information content (AvgIpc) is 1.56. The molecule has 3 aliphatic rings. The minimum atomic E-state index is -0.0726. The van der Waals surface area contributed by atoms with Crippen molar-refractivity contribution in [2.24, 2.45) is 0 Å². The van der Waals surface area contributed by atoms with Crippen LogP contribution in [0.15, 0.2) is 459 Å². The van der Waals surface area contributed by atoms with Crippen LogP contribution in [-0.4, -0.2) is 13.7 Å². The molecule has 0 spiro atoms. The summed E-state index contributed by atoms with van der Waals surface area (Å²) in [5.74, 6) is 0. The molecule has 0 unspecified atom stereocenters. The number of aromatic nitrogens is 3. The van der Waals surface area contributed by atoms with Crippen LogP contribution in [0.25, 0.3) is 245 Å². The van der Waals surface area contributed by atoms with Crippen LogP contribution in [-0.2, 0) is 16.2 Å². The quantitative estimate of drug-likeness (QED) is 0.142. The summed E-state index contributed by atoms with van der Waals surface area (Å²) < 4.78 is 19.7. The van der Waals surface area contributed by atoms with Gasteiger partial charge >= 0.3 is 0 Å². The van der Waals surface area contributed by atoms with Gasteiger partial charge in [0.2, 0.25) is 0 Å². The molecule has 141 heavy (non-hydrogen) atoms. The van der Waals surface area contributed by atoms with Gasteiger partial charge in [-0.05, 0) is 202 Å². The van der Waals surface area contributed by atoms with Gasteiger partial charge in [0, 0.05) is 139 Å². The summed E-state index contributed by atoms with van der Waals surface area (Å²) in [6, 6.07) is 167. The highest BCUT2D eigenvalue weighted by molar-refractivity contribution is 7.27. The highest BCUT2D eigenvalue weighted by atomic mass is 32.1. The normalized spacial score (nSPS) is 13.5. The Bertz CT molecular complexity index is 9730. The predicted octanol–water partition coefficient (Wildman–Crippen LogP) is 37.9. The van der Waals surface area contributed by atoms with E-state index in [1.807, 2.05) is 22.7 Å². The van der Waals surface area contributed by atoms with Crippen molar-refractivity contribution < 1.29 is 4.42 Å². The molecular weight excluding hydrogens is 1740 g/mol. The van der Waals surface area contributed by atoms with Gasteiger partial charge in [-0.2, -0.15) is 0 Å². The molecule has 6 heterocycles. The van der Waals surface area contributed by atoms with E-state index in [4.69, 9.17) is 4.42 Å². The van der Waals surface area contributed by atoms with E-state index in [0.717, 1.165) is 33.4 Å². The first kappa shape index (κ1) is 82.5. The number of furan rings is 1. The minimum Gasteiger partial charge on any atom is -0.455 e. The molecule has 0 N–H and O–H groups in total. The van der Waals surface area contributed by atoms with E-state index in [9.17, 15) is 0 Å². The molecule has 30 rings (SSSR count). The van der Waals surface area contributed by atoms with Gasteiger partial charge in [-0.3, -0.25) is 0 Å². The van der Waals surface area contributed by atoms with E-state index in [1.54, 1.807) is 0 Å². The molecule has 0 fully saturated rings. The molecule has 0 saturated heterocycles. The maximum absolute atomic E-state index is 6.94. The minimum absolute atomic E-state index is 0.00835. The Morgan fingerprint density at radius 1 is 0.170 bits per heavy atom. The van der Waals surface area contributed by atoms with Crippen LogP contribution in [0.4, 0.5) is 0 Å². The molecule has 27 aromatic rings. The number of hydrogen-bond acceptors (Lipinski definition) is 3. The number of fused-ring (bicyclic) bond motifs is 30. The first-order valence-electron chi connectivity index (χ1n) is 49.1. The second-order valence-corrected chi connectivity index (χ2v) is 42.0. The number of benzene rings is 21. The van der Waals surface area contributed by atoms with Gasteiger partial charge in [-0.15, -0.1) is 22.7 Å². The lowest BCUT2D eigenvalue weighted by molar-refractivity contribution is 0.653.